The Hall–Kier alpha value is -0.780. The molecule has 0 saturated heterocycles. The predicted molar refractivity (Wildman–Crippen MR) is 28.7 cm³/mol. The molecule has 0 aliphatic rings. The van der Waals surface area contributed by atoms with Crippen LogP contribution in [0, 0.1) is 0 Å². The molecule has 0 amide bonds. The van der Waals surface area contributed by atoms with Crippen molar-refractivity contribution in [3.05, 3.63) is 0 Å². The lowest BCUT2D eigenvalue weighted by molar-refractivity contribution is -0.201. The van der Waals surface area contributed by atoms with Crippen LogP contribution in [0.4, 0.5) is 13.2 Å². The summed E-state index contributed by atoms with van der Waals surface area (Å²) in [7, 11) is 0. The van der Waals surface area contributed by atoms with Crippen molar-refractivity contribution in [1.29, 1.82) is 0 Å². The van der Waals surface area contributed by atoms with Gasteiger partial charge in [0.2, 0.25) is 0 Å². The number of halogens is 3. The van der Waals surface area contributed by atoms with Crippen LogP contribution in [0.1, 0.15) is 6.92 Å². The maximum atomic E-state index is 11.3. The highest BCUT2D eigenvalue weighted by atomic mass is 19.4. The fraction of sp³-hybridized carbons (Fsp3) is 0.800. The van der Waals surface area contributed by atoms with Gasteiger partial charge in [-0.1, -0.05) is 0 Å². The molecule has 0 saturated carbocycles. The first-order chi connectivity index (χ1) is 4.84. The standard InChI is InChI=1S/C5H7F3O3/c1-3(9)2-11-4(10)5(6,7)8/h3,9H,2H2,1H3. The molecule has 0 radical (unpaired) electrons. The van der Waals surface area contributed by atoms with Gasteiger partial charge in [0.05, 0.1) is 6.10 Å². The van der Waals surface area contributed by atoms with Gasteiger partial charge in [0, 0.05) is 0 Å². The van der Waals surface area contributed by atoms with Crippen molar-refractivity contribution in [3.63, 3.8) is 0 Å². The first-order valence-corrected chi connectivity index (χ1v) is 2.76. The highest BCUT2D eigenvalue weighted by Crippen LogP contribution is 2.16. The second-order valence-corrected chi connectivity index (χ2v) is 1.95. The van der Waals surface area contributed by atoms with E-state index in [4.69, 9.17) is 5.11 Å². The van der Waals surface area contributed by atoms with Crippen molar-refractivity contribution < 1.29 is 27.8 Å². The minimum absolute atomic E-state index is 0.641. The average molecular weight is 172 g/mol. The van der Waals surface area contributed by atoms with Crippen LogP contribution >= 0.6 is 0 Å². The largest absolute Gasteiger partial charge is 0.490 e. The van der Waals surface area contributed by atoms with Gasteiger partial charge in [0.25, 0.3) is 0 Å². The molecule has 6 heteroatoms. The number of alkyl halides is 3. The molecule has 0 fully saturated rings. The van der Waals surface area contributed by atoms with E-state index < -0.39 is 24.9 Å². The normalized spacial score (nSPS) is 14.3. The van der Waals surface area contributed by atoms with Gasteiger partial charge < -0.3 is 9.84 Å². The summed E-state index contributed by atoms with van der Waals surface area (Å²) in [5.41, 5.74) is 0. The minimum Gasteiger partial charge on any atom is -0.456 e. The Balaban J connectivity index is 3.71. The van der Waals surface area contributed by atoms with E-state index in [1.54, 1.807) is 0 Å². The number of aliphatic hydroxyl groups is 1. The quantitative estimate of drug-likeness (QED) is 0.616. The molecule has 0 aromatic heterocycles. The molecule has 0 bridgehead atoms. The summed E-state index contributed by atoms with van der Waals surface area (Å²) < 4.78 is 37.7. The molecule has 11 heavy (non-hydrogen) atoms. The van der Waals surface area contributed by atoms with Crippen molar-refractivity contribution in [2.45, 2.75) is 19.2 Å². The third-order valence-corrected chi connectivity index (χ3v) is 0.687. The number of carbonyl (C=O) groups is 1. The molecule has 0 aromatic carbocycles. The van der Waals surface area contributed by atoms with E-state index >= 15 is 0 Å². The van der Waals surface area contributed by atoms with E-state index in [1.807, 2.05) is 0 Å². The number of esters is 1. The van der Waals surface area contributed by atoms with E-state index in [0.717, 1.165) is 0 Å². The van der Waals surface area contributed by atoms with Gasteiger partial charge >= 0.3 is 12.1 Å². The first-order valence-electron chi connectivity index (χ1n) is 2.76. The Morgan fingerprint density at radius 2 is 2.09 bits per heavy atom. The lowest BCUT2D eigenvalue weighted by atomic mass is 10.4. The van der Waals surface area contributed by atoms with E-state index in [-0.39, 0.29) is 0 Å². The Morgan fingerprint density at radius 1 is 1.64 bits per heavy atom. The smallest absolute Gasteiger partial charge is 0.456 e. The molecule has 1 unspecified atom stereocenters. The average Bonchev–Trinajstić information content (AvgIpc) is 1.80. The van der Waals surface area contributed by atoms with Crippen LogP contribution in [-0.4, -0.2) is 30.0 Å². The molecule has 1 atom stereocenters. The number of carbonyl (C=O) groups excluding carboxylic acids is 1. The molecule has 1 N–H and O–H groups in total. The Bertz CT molecular complexity index is 140. The second kappa shape index (κ2) is 3.56. The third kappa shape index (κ3) is 4.60. The lowest BCUT2D eigenvalue weighted by Gasteiger charge is -2.07. The van der Waals surface area contributed by atoms with Crippen LogP contribution in [0.15, 0.2) is 0 Å². The predicted octanol–water partition coefficient (Wildman–Crippen LogP) is 0.473. The molecule has 0 aromatic rings. The van der Waals surface area contributed by atoms with Crippen molar-refractivity contribution >= 4 is 5.97 Å². The van der Waals surface area contributed by atoms with E-state index in [0.29, 0.717) is 0 Å². The molecule has 66 valence electrons. The Labute approximate surface area is 60.8 Å². The zero-order valence-corrected chi connectivity index (χ0v) is 5.68. The summed E-state index contributed by atoms with van der Waals surface area (Å²) in [6, 6.07) is 0. The van der Waals surface area contributed by atoms with Gasteiger partial charge in [-0.15, -0.1) is 0 Å². The summed E-state index contributed by atoms with van der Waals surface area (Å²) in [5, 5.41) is 8.42. The molecule has 3 nitrogen and oxygen atoms in total. The van der Waals surface area contributed by atoms with Gasteiger partial charge in [-0.3, -0.25) is 0 Å². The van der Waals surface area contributed by atoms with Gasteiger partial charge in [-0.25, -0.2) is 4.79 Å². The molecule has 0 rings (SSSR count). The number of rotatable bonds is 2. The number of hydrogen-bond donors (Lipinski definition) is 1. The number of aliphatic hydroxyl groups excluding tert-OH is 1. The maximum Gasteiger partial charge on any atom is 0.490 e. The molecule has 0 heterocycles. The topological polar surface area (TPSA) is 46.5 Å². The Morgan fingerprint density at radius 3 is 2.36 bits per heavy atom. The molecule has 0 spiro atoms. The number of hydrogen-bond acceptors (Lipinski definition) is 3. The summed E-state index contributed by atoms with van der Waals surface area (Å²) in [6.45, 7) is 0.571. The minimum atomic E-state index is -4.98. The highest BCUT2D eigenvalue weighted by molar-refractivity contribution is 5.75. The fourth-order valence-corrected chi connectivity index (χ4v) is 0.278. The number of ether oxygens (including phenoxy) is 1. The lowest BCUT2D eigenvalue weighted by Crippen LogP contribution is -2.28. The van der Waals surface area contributed by atoms with Gasteiger partial charge in [-0.05, 0) is 6.92 Å². The van der Waals surface area contributed by atoms with Crippen LogP contribution in [0.25, 0.3) is 0 Å². The highest BCUT2D eigenvalue weighted by Gasteiger charge is 2.40. The third-order valence-electron chi connectivity index (χ3n) is 0.687. The summed E-state index contributed by atoms with van der Waals surface area (Å²) in [6.07, 6.45) is -6.06. The van der Waals surface area contributed by atoms with Crippen molar-refractivity contribution in [2.75, 3.05) is 6.61 Å². The second-order valence-electron chi connectivity index (χ2n) is 1.95. The fourth-order valence-electron chi connectivity index (χ4n) is 0.278. The van der Waals surface area contributed by atoms with E-state index in [2.05, 4.69) is 4.74 Å². The van der Waals surface area contributed by atoms with E-state index in [1.165, 1.54) is 6.92 Å². The summed E-state index contributed by atoms with van der Waals surface area (Å²) >= 11 is 0. The van der Waals surface area contributed by atoms with Crippen LogP contribution < -0.4 is 0 Å². The molecule has 0 aliphatic carbocycles. The van der Waals surface area contributed by atoms with Crippen molar-refractivity contribution in [1.82, 2.24) is 0 Å². The maximum absolute atomic E-state index is 11.3. The molecule has 0 aliphatic heterocycles. The Kier molecular flexibility index (Phi) is 3.31. The monoisotopic (exact) mass is 172 g/mol. The van der Waals surface area contributed by atoms with Gasteiger partial charge in [-0.2, -0.15) is 13.2 Å². The SMILES string of the molecule is CC(O)COC(=O)C(F)(F)F. The van der Waals surface area contributed by atoms with Crippen LogP contribution in [0.3, 0.4) is 0 Å². The van der Waals surface area contributed by atoms with E-state index in [9.17, 15) is 18.0 Å². The van der Waals surface area contributed by atoms with Crippen molar-refractivity contribution in [3.8, 4) is 0 Å². The summed E-state index contributed by atoms with van der Waals surface area (Å²) in [5.74, 6) is -2.28. The zero-order valence-electron chi connectivity index (χ0n) is 5.68. The van der Waals surface area contributed by atoms with Crippen LogP contribution in [-0.2, 0) is 9.53 Å². The van der Waals surface area contributed by atoms with Crippen molar-refractivity contribution in [2.24, 2.45) is 0 Å². The molecular weight excluding hydrogens is 165 g/mol. The first kappa shape index (κ1) is 10.2. The van der Waals surface area contributed by atoms with Gasteiger partial charge in [0.1, 0.15) is 6.61 Å². The van der Waals surface area contributed by atoms with Crippen LogP contribution in [0.2, 0.25) is 0 Å². The summed E-state index contributed by atoms with van der Waals surface area (Å²) in [4.78, 5) is 9.91. The zero-order chi connectivity index (χ0) is 9.07. The van der Waals surface area contributed by atoms with Gasteiger partial charge in [0.15, 0.2) is 0 Å². The molecular formula is C5H7F3O3. The van der Waals surface area contributed by atoms with Crippen LogP contribution in [0.5, 0.6) is 0 Å².